The fourth-order valence-electron chi connectivity index (χ4n) is 2.13. The van der Waals surface area contributed by atoms with E-state index in [0.717, 1.165) is 17.4 Å². The lowest BCUT2D eigenvalue weighted by molar-refractivity contribution is -0.140. The minimum absolute atomic E-state index is 0.167. The molecule has 2 aromatic heterocycles. The number of pyridine rings is 1. The van der Waals surface area contributed by atoms with Gasteiger partial charge in [0.05, 0.1) is 11.5 Å². The molecule has 1 N–H and O–H groups in total. The maximum absolute atomic E-state index is 12.7. The molecule has 4 nitrogen and oxygen atoms in total. The molecule has 22 heavy (non-hydrogen) atoms. The number of aliphatic hydroxyl groups is 1. The lowest BCUT2D eigenvalue weighted by Gasteiger charge is -2.19. The van der Waals surface area contributed by atoms with Gasteiger partial charge in [0.1, 0.15) is 10.5 Å². The van der Waals surface area contributed by atoms with E-state index < -0.39 is 11.9 Å². The third kappa shape index (κ3) is 3.07. The Hall–Kier alpha value is -1.67. The van der Waals surface area contributed by atoms with Gasteiger partial charge in [-0.2, -0.15) is 13.2 Å². The van der Waals surface area contributed by atoms with Crippen molar-refractivity contribution >= 4 is 27.5 Å². The minimum Gasteiger partial charge on any atom is -0.395 e. The summed E-state index contributed by atoms with van der Waals surface area (Å²) in [7, 11) is 0. The first kappa shape index (κ1) is 16.7. The molecular formula is C14H15F3N2O2S. The van der Waals surface area contributed by atoms with Crippen LogP contribution in [0, 0.1) is 6.92 Å². The van der Waals surface area contributed by atoms with Crippen molar-refractivity contribution in [1.29, 1.82) is 0 Å². The number of aromatic nitrogens is 1. The molecule has 2 rings (SSSR count). The average Bonchev–Trinajstić information content (AvgIpc) is 2.80. The Balaban J connectivity index is 2.48. The zero-order chi connectivity index (χ0) is 16.5. The minimum atomic E-state index is -4.51. The Bertz CT molecular complexity index is 697. The number of carbonyl (C=O) groups excluding carboxylic acids is 1. The van der Waals surface area contributed by atoms with Crippen molar-refractivity contribution in [2.24, 2.45) is 0 Å². The molecule has 0 saturated heterocycles. The monoisotopic (exact) mass is 332 g/mol. The molecule has 0 aliphatic heterocycles. The summed E-state index contributed by atoms with van der Waals surface area (Å²) in [6.07, 6.45) is -4.51. The highest BCUT2D eigenvalue weighted by atomic mass is 32.1. The van der Waals surface area contributed by atoms with Crippen molar-refractivity contribution in [2.45, 2.75) is 20.0 Å². The first-order valence-electron chi connectivity index (χ1n) is 6.67. The molecule has 0 fully saturated rings. The Morgan fingerprint density at radius 2 is 2.09 bits per heavy atom. The Morgan fingerprint density at radius 1 is 1.41 bits per heavy atom. The topological polar surface area (TPSA) is 53.4 Å². The van der Waals surface area contributed by atoms with E-state index in [1.807, 2.05) is 0 Å². The van der Waals surface area contributed by atoms with Crippen LogP contribution in [0.5, 0.6) is 0 Å². The van der Waals surface area contributed by atoms with Crippen LogP contribution in [0.3, 0.4) is 0 Å². The van der Waals surface area contributed by atoms with Gasteiger partial charge in [-0.05, 0) is 31.5 Å². The lowest BCUT2D eigenvalue weighted by Crippen LogP contribution is -2.33. The molecule has 0 aromatic carbocycles. The van der Waals surface area contributed by atoms with Gasteiger partial charge >= 0.3 is 6.18 Å². The standard InChI is InChI=1S/C14H15F3N2O2S/c1-3-19(6-7-20)13(21)11-8(2)9-4-5-10(14(15,16)17)18-12(9)22-11/h4-5,20H,3,6-7H2,1-2H3. The Labute approximate surface area is 129 Å². The molecule has 2 heterocycles. The number of alkyl halides is 3. The summed E-state index contributed by atoms with van der Waals surface area (Å²) in [6.45, 7) is 3.89. The molecule has 120 valence electrons. The van der Waals surface area contributed by atoms with E-state index in [1.165, 1.54) is 11.0 Å². The quantitative estimate of drug-likeness (QED) is 0.936. The molecule has 0 aliphatic rings. The molecule has 2 aromatic rings. The average molecular weight is 332 g/mol. The summed E-state index contributed by atoms with van der Waals surface area (Å²) in [5, 5.41) is 9.51. The molecule has 0 radical (unpaired) electrons. The van der Waals surface area contributed by atoms with Crippen LogP contribution in [0.2, 0.25) is 0 Å². The van der Waals surface area contributed by atoms with E-state index in [9.17, 15) is 18.0 Å². The molecular weight excluding hydrogens is 317 g/mol. The number of likely N-dealkylation sites (N-methyl/N-ethyl adjacent to an activating group) is 1. The van der Waals surface area contributed by atoms with E-state index in [2.05, 4.69) is 4.98 Å². The van der Waals surface area contributed by atoms with E-state index >= 15 is 0 Å². The predicted octanol–water partition coefficient (Wildman–Crippen LogP) is 3.08. The zero-order valence-electron chi connectivity index (χ0n) is 12.1. The lowest BCUT2D eigenvalue weighted by atomic mass is 10.1. The molecule has 1 amide bonds. The van der Waals surface area contributed by atoms with Gasteiger partial charge in [0.15, 0.2) is 0 Å². The van der Waals surface area contributed by atoms with E-state index in [0.29, 0.717) is 22.4 Å². The van der Waals surface area contributed by atoms with Gasteiger partial charge in [-0.15, -0.1) is 11.3 Å². The normalized spacial score (nSPS) is 11.9. The first-order chi connectivity index (χ1) is 10.3. The van der Waals surface area contributed by atoms with Crippen LogP contribution in [-0.4, -0.2) is 40.6 Å². The second kappa shape index (κ2) is 6.21. The van der Waals surface area contributed by atoms with Crippen molar-refractivity contribution < 1.29 is 23.1 Å². The van der Waals surface area contributed by atoms with Gasteiger partial charge in [0, 0.05) is 18.5 Å². The first-order valence-corrected chi connectivity index (χ1v) is 7.48. The van der Waals surface area contributed by atoms with Crippen LogP contribution in [0.1, 0.15) is 27.9 Å². The van der Waals surface area contributed by atoms with Crippen LogP contribution in [0.15, 0.2) is 12.1 Å². The molecule has 0 bridgehead atoms. The number of carbonyl (C=O) groups is 1. The van der Waals surface area contributed by atoms with Crippen LogP contribution < -0.4 is 0 Å². The Morgan fingerprint density at radius 3 is 2.64 bits per heavy atom. The van der Waals surface area contributed by atoms with Gasteiger partial charge in [0.2, 0.25) is 0 Å². The highest BCUT2D eigenvalue weighted by Crippen LogP contribution is 2.34. The van der Waals surface area contributed by atoms with Crippen molar-refractivity contribution in [3.05, 3.63) is 28.3 Å². The molecule has 0 aliphatic carbocycles. The number of hydrogen-bond acceptors (Lipinski definition) is 4. The number of nitrogens with zero attached hydrogens (tertiary/aromatic N) is 2. The predicted molar refractivity (Wildman–Crippen MR) is 78.0 cm³/mol. The molecule has 0 atom stereocenters. The van der Waals surface area contributed by atoms with Gasteiger partial charge in [0.25, 0.3) is 5.91 Å². The second-order valence-electron chi connectivity index (χ2n) is 4.71. The zero-order valence-corrected chi connectivity index (χ0v) is 12.9. The number of thiophene rings is 1. The van der Waals surface area contributed by atoms with Gasteiger partial charge in [-0.3, -0.25) is 4.79 Å². The van der Waals surface area contributed by atoms with E-state index in [1.54, 1.807) is 13.8 Å². The fourth-order valence-corrected chi connectivity index (χ4v) is 3.28. The maximum atomic E-state index is 12.7. The number of amides is 1. The van der Waals surface area contributed by atoms with Crippen LogP contribution in [-0.2, 0) is 6.18 Å². The summed E-state index contributed by atoms with van der Waals surface area (Å²) in [5.74, 6) is -0.300. The van der Waals surface area contributed by atoms with Gasteiger partial charge in [-0.1, -0.05) is 0 Å². The number of aliphatic hydroxyl groups excluding tert-OH is 1. The summed E-state index contributed by atoms with van der Waals surface area (Å²) in [4.78, 5) is 18.0. The smallest absolute Gasteiger partial charge is 0.395 e. The highest BCUT2D eigenvalue weighted by Gasteiger charge is 2.33. The van der Waals surface area contributed by atoms with E-state index in [4.69, 9.17) is 5.11 Å². The summed E-state index contributed by atoms with van der Waals surface area (Å²) in [6, 6.07) is 2.26. The number of rotatable bonds is 4. The van der Waals surface area contributed by atoms with Gasteiger partial charge < -0.3 is 10.0 Å². The number of aryl methyl sites for hydroxylation is 1. The fraction of sp³-hybridized carbons (Fsp3) is 0.429. The number of fused-ring (bicyclic) bond motifs is 1. The number of halogens is 3. The second-order valence-corrected chi connectivity index (χ2v) is 5.71. The third-order valence-corrected chi connectivity index (χ3v) is 4.52. The van der Waals surface area contributed by atoms with Crippen molar-refractivity contribution in [1.82, 2.24) is 9.88 Å². The van der Waals surface area contributed by atoms with Gasteiger partial charge in [-0.25, -0.2) is 4.98 Å². The van der Waals surface area contributed by atoms with Crippen LogP contribution >= 0.6 is 11.3 Å². The van der Waals surface area contributed by atoms with Crippen molar-refractivity contribution in [2.75, 3.05) is 19.7 Å². The maximum Gasteiger partial charge on any atom is 0.433 e. The summed E-state index contributed by atoms with van der Waals surface area (Å²) in [5.41, 5.74) is -0.356. The molecule has 0 saturated carbocycles. The number of hydrogen-bond donors (Lipinski definition) is 1. The molecule has 0 unspecified atom stereocenters. The molecule has 0 spiro atoms. The largest absolute Gasteiger partial charge is 0.433 e. The SMILES string of the molecule is CCN(CCO)C(=O)c1sc2nc(C(F)(F)F)ccc2c1C. The van der Waals surface area contributed by atoms with Crippen LogP contribution in [0.25, 0.3) is 10.2 Å². The van der Waals surface area contributed by atoms with E-state index in [-0.39, 0.29) is 23.9 Å². The summed E-state index contributed by atoms with van der Waals surface area (Å²) < 4.78 is 38.1. The highest BCUT2D eigenvalue weighted by molar-refractivity contribution is 7.20. The summed E-state index contributed by atoms with van der Waals surface area (Å²) >= 11 is 0.948. The van der Waals surface area contributed by atoms with Crippen molar-refractivity contribution in [3.8, 4) is 0 Å². The Kier molecular flexibility index (Phi) is 4.72. The van der Waals surface area contributed by atoms with Crippen molar-refractivity contribution in [3.63, 3.8) is 0 Å². The third-order valence-electron chi connectivity index (χ3n) is 3.33. The van der Waals surface area contributed by atoms with Crippen LogP contribution in [0.4, 0.5) is 13.2 Å². The molecule has 8 heteroatoms.